The highest BCUT2D eigenvalue weighted by Crippen LogP contribution is 2.40. The molecule has 4 rings (SSSR count). The lowest BCUT2D eigenvalue weighted by molar-refractivity contribution is -0.134. The second-order valence-electron chi connectivity index (χ2n) is 6.61. The van der Waals surface area contributed by atoms with Crippen molar-refractivity contribution in [2.45, 2.75) is 52.7 Å². The van der Waals surface area contributed by atoms with E-state index in [0.29, 0.717) is 21.9 Å². The minimum absolute atomic E-state index is 0.101. The highest BCUT2D eigenvalue weighted by Gasteiger charge is 2.39. The molecule has 8 heteroatoms. The van der Waals surface area contributed by atoms with Crippen molar-refractivity contribution < 1.29 is 18.0 Å². The van der Waals surface area contributed by atoms with Gasteiger partial charge in [0.25, 0.3) is 5.91 Å². The molecule has 2 N–H and O–H groups in total. The molecule has 2 fully saturated rings. The topological polar surface area (TPSA) is 41.1 Å². The van der Waals surface area contributed by atoms with Crippen LogP contribution >= 0.6 is 23.1 Å². The zero-order valence-corrected chi connectivity index (χ0v) is 15.3. The summed E-state index contributed by atoms with van der Waals surface area (Å²) in [4.78, 5) is 12.6. The van der Waals surface area contributed by atoms with Crippen molar-refractivity contribution >= 4 is 29.0 Å². The van der Waals surface area contributed by atoms with Crippen molar-refractivity contribution in [2.24, 2.45) is 0 Å². The van der Waals surface area contributed by atoms with Gasteiger partial charge < -0.3 is 10.6 Å². The fourth-order valence-electron chi connectivity index (χ4n) is 3.55. The smallest absolute Gasteiger partial charge is 0.348 e. The number of halogens is 3. The van der Waals surface area contributed by atoms with Gasteiger partial charge in [0.05, 0.1) is 4.21 Å². The molecule has 3 heterocycles. The molecule has 0 saturated carbocycles. The largest absolute Gasteiger partial charge is 0.425 e. The van der Waals surface area contributed by atoms with Crippen LogP contribution in [0.15, 0.2) is 45.5 Å². The number of nitrogens with one attached hydrogen (secondary N) is 2. The quantitative estimate of drug-likeness (QED) is 0.795. The van der Waals surface area contributed by atoms with E-state index in [-0.39, 0.29) is 11.9 Å². The molecule has 2 aliphatic heterocycles. The Morgan fingerprint density at radius 2 is 1.92 bits per heavy atom. The first-order valence-corrected chi connectivity index (χ1v) is 10.0. The molecule has 3 unspecified atom stereocenters. The zero-order valence-electron chi connectivity index (χ0n) is 13.7. The first-order chi connectivity index (χ1) is 12.4. The van der Waals surface area contributed by atoms with E-state index in [9.17, 15) is 18.0 Å². The van der Waals surface area contributed by atoms with Gasteiger partial charge in [0.2, 0.25) is 0 Å². The van der Waals surface area contributed by atoms with Crippen LogP contribution < -0.4 is 10.6 Å². The summed E-state index contributed by atoms with van der Waals surface area (Å²) >= 11 is 1.99. The normalized spacial score (nSPS) is 24.8. The van der Waals surface area contributed by atoms with Gasteiger partial charge in [-0.05, 0) is 55.7 Å². The lowest BCUT2D eigenvalue weighted by Gasteiger charge is -2.21. The Hall–Kier alpha value is -1.51. The Morgan fingerprint density at radius 1 is 1.15 bits per heavy atom. The third-order valence-electron chi connectivity index (χ3n) is 4.81. The number of fused-ring (bicyclic) bond motifs is 2. The van der Waals surface area contributed by atoms with E-state index in [2.05, 4.69) is 10.6 Å². The van der Waals surface area contributed by atoms with E-state index in [1.54, 1.807) is 24.3 Å². The van der Waals surface area contributed by atoms with Gasteiger partial charge in [-0.15, -0.1) is 11.3 Å². The number of benzene rings is 1. The highest BCUT2D eigenvalue weighted by molar-refractivity contribution is 8.01. The third kappa shape index (κ3) is 3.77. The molecule has 3 atom stereocenters. The van der Waals surface area contributed by atoms with Crippen molar-refractivity contribution in [1.82, 2.24) is 10.6 Å². The van der Waals surface area contributed by atoms with Gasteiger partial charge in [-0.1, -0.05) is 11.8 Å². The molecule has 3 nitrogen and oxygen atoms in total. The van der Waals surface area contributed by atoms with Crippen LogP contribution in [0.25, 0.3) is 0 Å². The number of hydrogen-bond acceptors (Lipinski definition) is 4. The maximum atomic E-state index is 12.7. The van der Waals surface area contributed by atoms with Crippen molar-refractivity contribution in [3.63, 3.8) is 0 Å². The standard InChI is InChI=1S/C18H17F3N2OS2/c19-18(20,21)15-7-8-16(26-15)25-12-4-1-10(2-5-12)17(24)23-14-9-11-3-6-13(14)22-11/h1-2,4-5,7-8,11,13-14,22H,3,6,9H2,(H,23,24). The average Bonchev–Trinajstić information content (AvgIpc) is 3.31. The van der Waals surface area contributed by atoms with Crippen molar-refractivity contribution in [3.05, 3.63) is 46.8 Å². The summed E-state index contributed by atoms with van der Waals surface area (Å²) in [7, 11) is 0. The van der Waals surface area contributed by atoms with Crippen LogP contribution in [-0.4, -0.2) is 24.0 Å². The number of thiophene rings is 1. The predicted molar refractivity (Wildman–Crippen MR) is 95.7 cm³/mol. The molecular weight excluding hydrogens is 381 g/mol. The Bertz CT molecular complexity index is 804. The minimum Gasteiger partial charge on any atom is -0.348 e. The molecule has 2 bridgehead atoms. The predicted octanol–water partition coefficient (Wildman–Crippen LogP) is 4.54. The van der Waals surface area contributed by atoms with Gasteiger partial charge in [-0.3, -0.25) is 4.79 Å². The van der Waals surface area contributed by atoms with Crippen molar-refractivity contribution in [3.8, 4) is 0 Å². The van der Waals surface area contributed by atoms with Crippen LogP contribution in [0.1, 0.15) is 34.5 Å². The van der Waals surface area contributed by atoms with Crippen LogP contribution in [0.3, 0.4) is 0 Å². The molecule has 2 saturated heterocycles. The molecule has 2 aliphatic rings. The molecular formula is C18H17F3N2OS2. The van der Waals surface area contributed by atoms with Crippen molar-refractivity contribution in [1.29, 1.82) is 0 Å². The second-order valence-corrected chi connectivity index (χ2v) is 9.06. The van der Waals surface area contributed by atoms with Crippen LogP contribution in [-0.2, 0) is 6.18 Å². The summed E-state index contributed by atoms with van der Waals surface area (Å²) in [5.41, 5.74) is 0.569. The monoisotopic (exact) mass is 398 g/mol. The van der Waals surface area contributed by atoms with Crippen molar-refractivity contribution in [2.75, 3.05) is 0 Å². The van der Waals surface area contributed by atoms with E-state index in [1.165, 1.54) is 24.2 Å². The van der Waals surface area contributed by atoms with Gasteiger partial charge in [0, 0.05) is 28.6 Å². The lowest BCUT2D eigenvalue weighted by atomic mass is 9.95. The number of carbonyl (C=O) groups is 1. The number of hydrogen-bond donors (Lipinski definition) is 2. The van der Waals surface area contributed by atoms with Gasteiger partial charge >= 0.3 is 6.18 Å². The maximum absolute atomic E-state index is 12.7. The number of alkyl halides is 3. The maximum Gasteiger partial charge on any atom is 0.425 e. The Labute approximate surface area is 157 Å². The molecule has 2 aromatic rings. The highest BCUT2D eigenvalue weighted by atomic mass is 32.2. The second kappa shape index (κ2) is 6.90. The van der Waals surface area contributed by atoms with Crippen LogP contribution in [0.2, 0.25) is 0 Å². The third-order valence-corrected chi connectivity index (χ3v) is 7.08. The van der Waals surface area contributed by atoms with E-state index in [0.717, 1.165) is 35.1 Å². The molecule has 0 spiro atoms. The Kier molecular flexibility index (Phi) is 4.75. The summed E-state index contributed by atoms with van der Waals surface area (Å²) in [5, 5.41) is 6.57. The van der Waals surface area contributed by atoms with Crippen LogP contribution in [0, 0.1) is 0 Å². The molecule has 1 aromatic carbocycles. The number of rotatable bonds is 4. The number of carbonyl (C=O) groups excluding carboxylic acids is 1. The molecule has 0 aliphatic carbocycles. The summed E-state index contributed by atoms with van der Waals surface area (Å²) < 4.78 is 38.5. The fourth-order valence-corrected chi connectivity index (χ4v) is 5.52. The summed E-state index contributed by atoms with van der Waals surface area (Å²) in [6.07, 6.45) is -1.04. The molecule has 1 aromatic heterocycles. The summed E-state index contributed by atoms with van der Waals surface area (Å²) in [6.45, 7) is 0. The van der Waals surface area contributed by atoms with Crippen LogP contribution in [0.4, 0.5) is 13.2 Å². The molecule has 26 heavy (non-hydrogen) atoms. The van der Waals surface area contributed by atoms with Gasteiger partial charge in [-0.25, -0.2) is 0 Å². The average molecular weight is 398 g/mol. The first-order valence-electron chi connectivity index (χ1n) is 8.40. The van der Waals surface area contributed by atoms with E-state index >= 15 is 0 Å². The molecule has 138 valence electrons. The van der Waals surface area contributed by atoms with Gasteiger partial charge in [0.1, 0.15) is 4.88 Å². The fraction of sp³-hybridized carbons (Fsp3) is 0.389. The number of amides is 1. The SMILES string of the molecule is O=C(NC1CC2CCC1N2)c1ccc(Sc2ccc(C(F)(F)F)s2)cc1. The van der Waals surface area contributed by atoms with E-state index in [4.69, 9.17) is 0 Å². The molecule has 1 amide bonds. The van der Waals surface area contributed by atoms with E-state index < -0.39 is 11.1 Å². The molecule has 0 radical (unpaired) electrons. The van der Waals surface area contributed by atoms with E-state index in [1.807, 2.05) is 0 Å². The Balaban J connectivity index is 1.37. The minimum atomic E-state index is -4.31. The van der Waals surface area contributed by atoms with Gasteiger partial charge in [0.15, 0.2) is 0 Å². The summed E-state index contributed by atoms with van der Waals surface area (Å²) in [6, 6.07) is 10.6. The zero-order chi connectivity index (χ0) is 18.3. The summed E-state index contributed by atoms with van der Waals surface area (Å²) in [5.74, 6) is -0.101. The van der Waals surface area contributed by atoms with Crippen LogP contribution in [0.5, 0.6) is 0 Å². The Morgan fingerprint density at radius 3 is 2.50 bits per heavy atom. The van der Waals surface area contributed by atoms with Gasteiger partial charge in [-0.2, -0.15) is 13.2 Å². The first kappa shape index (κ1) is 17.9. The lowest BCUT2D eigenvalue weighted by Crippen LogP contribution is -2.42.